The number of aliphatic hydroxyl groups excluding tert-OH is 1. The largest absolute Gasteiger partial charge is 0.480 e. The summed E-state index contributed by atoms with van der Waals surface area (Å²) in [6.07, 6.45) is 0.0921. The maximum atomic E-state index is 10.8. The predicted octanol–water partition coefficient (Wildman–Crippen LogP) is -0.0376. The molecule has 0 rings (SSSR count). The minimum Gasteiger partial charge on any atom is -0.480 e. The van der Waals surface area contributed by atoms with Crippen molar-refractivity contribution < 1.29 is 19.8 Å². The van der Waals surface area contributed by atoms with Crippen LogP contribution in [0.1, 0.15) is 34.1 Å². The van der Waals surface area contributed by atoms with Crippen LogP contribution in [-0.4, -0.2) is 47.3 Å². The molecular formula is C12H24N2O4. The van der Waals surface area contributed by atoms with Gasteiger partial charge in [0.25, 0.3) is 0 Å². The summed E-state index contributed by atoms with van der Waals surface area (Å²) in [4.78, 5) is 21.6. The minimum atomic E-state index is -1.09. The van der Waals surface area contributed by atoms with Crippen molar-refractivity contribution in [1.82, 2.24) is 10.6 Å². The first-order valence-electron chi connectivity index (χ1n) is 6.00. The molecule has 1 amide bonds. The second-order valence-corrected chi connectivity index (χ2v) is 5.67. The van der Waals surface area contributed by atoms with Crippen LogP contribution >= 0.6 is 0 Å². The second kappa shape index (κ2) is 7.33. The third kappa shape index (κ3) is 8.95. The standard InChI is InChI=1S/C12H24N2O4/c1-8(15)14-10(11(17)18)7-13-6-9(16)5-12(2,3)4/h9-10,13,16H,5-7H2,1-4H3,(H,14,15)(H,17,18). The fourth-order valence-electron chi connectivity index (χ4n) is 1.62. The molecule has 106 valence electrons. The third-order valence-corrected chi connectivity index (χ3v) is 2.25. The van der Waals surface area contributed by atoms with E-state index in [9.17, 15) is 14.7 Å². The smallest absolute Gasteiger partial charge is 0.327 e. The van der Waals surface area contributed by atoms with Crippen LogP contribution < -0.4 is 10.6 Å². The molecule has 0 aliphatic rings. The number of amides is 1. The van der Waals surface area contributed by atoms with Crippen LogP contribution in [0.2, 0.25) is 0 Å². The van der Waals surface area contributed by atoms with Crippen LogP contribution in [0.3, 0.4) is 0 Å². The monoisotopic (exact) mass is 260 g/mol. The van der Waals surface area contributed by atoms with Crippen LogP contribution in [0.4, 0.5) is 0 Å². The fraction of sp³-hybridized carbons (Fsp3) is 0.833. The third-order valence-electron chi connectivity index (χ3n) is 2.25. The highest BCUT2D eigenvalue weighted by Crippen LogP contribution is 2.20. The number of nitrogens with one attached hydrogen (secondary N) is 2. The lowest BCUT2D eigenvalue weighted by Gasteiger charge is -2.23. The van der Waals surface area contributed by atoms with E-state index in [1.807, 2.05) is 20.8 Å². The number of hydrogen-bond donors (Lipinski definition) is 4. The van der Waals surface area contributed by atoms with Crippen molar-refractivity contribution >= 4 is 11.9 Å². The quantitative estimate of drug-likeness (QED) is 0.515. The molecule has 0 aromatic carbocycles. The number of aliphatic carboxylic acids is 1. The normalized spacial score (nSPS) is 14.9. The molecule has 0 saturated carbocycles. The first-order valence-corrected chi connectivity index (χ1v) is 6.00. The molecule has 2 atom stereocenters. The predicted molar refractivity (Wildman–Crippen MR) is 68.2 cm³/mol. The summed E-state index contributed by atoms with van der Waals surface area (Å²) >= 11 is 0. The van der Waals surface area contributed by atoms with Gasteiger partial charge in [0.1, 0.15) is 6.04 Å². The van der Waals surface area contributed by atoms with Gasteiger partial charge < -0.3 is 20.8 Å². The Morgan fingerprint density at radius 1 is 1.22 bits per heavy atom. The summed E-state index contributed by atoms with van der Waals surface area (Å²) in [6.45, 7) is 7.73. The van der Waals surface area contributed by atoms with Crippen molar-refractivity contribution in [2.45, 2.75) is 46.3 Å². The molecule has 0 heterocycles. The molecule has 18 heavy (non-hydrogen) atoms. The Labute approximate surface area is 108 Å². The number of aliphatic hydroxyl groups is 1. The van der Waals surface area contributed by atoms with Crippen LogP contribution in [0.25, 0.3) is 0 Å². The summed E-state index contributed by atoms with van der Waals surface area (Å²) in [6, 6.07) is -0.968. The Morgan fingerprint density at radius 3 is 2.17 bits per heavy atom. The Balaban J connectivity index is 3.99. The lowest BCUT2D eigenvalue weighted by Crippen LogP contribution is -2.47. The molecule has 4 N–H and O–H groups in total. The van der Waals surface area contributed by atoms with Crippen molar-refractivity contribution in [2.24, 2.45) is 5.41 Å². The van der Waals surface area contributed by atoms with E-state index in [2.05, 4.69) is 10.6 Å². The summed E-state index contributed by atoms with van der Waals surface area (Å²) < 4.78 is 0. The van der Waals surface area contributed by atoms with Gasteiger partial charge in [-0.3, -0.25) is 4.79 Å². The molecule has 0 aliphatic carbocycles. The van der Waals surface area contributed by atoms with Crippen molar-refractivity contribution in [2.75, 3.05) is 13.1 Å². The average Bonchev–Trinajstić information content (AvgIpc) is 2.12. The van der Waals surface area contributed by atoms with Gasteiger partial charge in [0.05, 0.1) is 6.10 Å². The summed E-state index contributed by atoms with van der Waals surface area (Å²) in [7, 11) is 0. The van der Waals surface area contributed by atoms with Gasteiger partial charge in [-0.05, 0) is 11.8 Å². The van der Waals surface area contributed by atoms with Gasteiger partial charge in [0, 0.05) is 20.0 Å². The van der Waals surface area contributed by atoms with Gasteiger partial charge in [-0.1, -0.05) is 20.8 Å². The van der Waals surface area contributed by atoms with Gasteiger partial charge in [-0.15, -0.1) is 0 Å². The number of carbonyl (C=O) groups excluding carboxylic acids is 1. The SMILES string of the molecule is CC(=O)NC(CNCC(O)CC(C)(C)C)C(=O)O. The molecule has 6 nitrogen and oxygen atoms in total. The Bertz CT molecular complexity index is 286. The zero-order valence-electron chi connectivity index (χ0n) is 11.5. The van der Waals surface area contributed by atoms with Gasteiger partial charge in [0.2, 0.25) is 5.91 Å². The molecule has 0 aliphatic heterocycles. The maximum absolute atomic E-state index is 10.8. The number of carboxylic acids is 1. The number of carbonyl (C=O) groups is 2. The molecule has 0 saturated heterocycles. The molecule has 0 bridgehead atoms. The first kappa shape index (κ1) is 16.9. The van der Waals surface area contributed by atoms with E-state index in [4.69, 9.17) is 5.11 Å². The van der Waals surface area contributed by atoms with Crippen molar-refractivity contribution in [3.05, 3.63) is 0 Å². The van der Waals surface area contributed by atoms with Crippen LogP contribution in [0, 0.1) is 5.41 Å². The van der Waals surface area contributed by atoms with Crippen LogP contribution in [0.5, 0.6) is 0 Å². The minimum absolute atomic E-state index is 0.0188. The topological polar surface area (TPSA) is 98.7 Å². The van der Waals surface area contributed by atoms with Crippen LogP contribution in [-0.2, 0) is 9.59 Å². The summed E-state index contributed by atoms with van der Waals surface area (Å²) in [5, 5.41) is 23.7. The van der Waals surface area contributed by atoms with Gasteiger partial charge in [0.15, 0.2) is 0 Å². The summed E-state index contributed by atoms with van der Waals surface area (Å²) in [5.41, 5.74) is 0.0188. The van der Waals surface area contributed by atoms with E-state index in [1.165, 1.54) is 6.92 Å². The average molecular weight is 260 g/mol. The van der Waals surface area contributed by atoms with Gasteiger partial charge in [-0.2, -0.15) is 0 Å². The molecule has 0 radical (unpaired) electrons. The molecule has 0 spiro atoms. The fourth-order valence-corrected chi connectivity index (χ4v) is 1.62. The highest BCUT2D eigenvalue weighted by Gasteiger charge is 2.20. The van der Waals surface area contributed by atoms with Gasteiger partial charge in [-0.25, -0.2) is 4.79 Å². The summed E-state index contributed by atoms with van der Waals surface area (Å²) in [5.74, 6) is -1.48. The van der Waals surface area contributed by atoms with E-state index in [0.29, 0.717) is 13.0 Å². The van der Waals surface area contributed by atoms with E-state index >= 15 is 0 Å². The zero-order chi connectivity index (χ0) is 14.3. The molecule has 6 heteroatoms. The van der Waals surface area contributed by atoms with E-state index in [-0.39, 0.29) is 17.9 Å². The number of hydrogen-bond acceptors (Lipinski definition) is 4. The highest BCUT2D eigenvalue weighted by molar-refractivity contribution is 5.82. The highest BCUT2D eigenvalue weighted by atomic mass is 16.4. The van der Waals surface area contributed by atoms with Crippen molar-refractivity contribution in [3.8, 4) is 0 Å². The van der Waals surface area contributed by atoms with E-state index < -0.39 is 18.1 Å². The molecule has 2 unspecified atom stereocenters. The van der Waals surface area contributed by atoms with E-state index in [1.54, 1.807) is 0 Å². The lowest BCUT2D eigenvalue weighted by atomic mass is 9.89. The van der Waals surface area contributed by atoms with Crippen LogP contribution in [0.15, 0.2) is 0 Å². The molecule has 0 aromatic rings. The second-order valence-electron chi connectivity index (χ2n) is 5.67. The van der Waals surface area contributed by atoms with Gasteiger partial charge >= 0.3 is 5.97 Å². The zero-order valence-corrected chi connectivity index (χ0v) is 11.5. The first-order chi connectivity index (χ1) is 8.11. The van der Waals surface area contributed by atoms with Crippen molar-refractivity contribution in [3.63, 3.8) is 0 Å². The van der Waals surface area contributed by atoms with E-state index in [0.717, 1.165) is 0 Å². The van der Waals surface area contributed by atoms with Crippen molar-refractivity contribution in [1.29, 1.82) is 0 Å². The molecular weight excluding hydrogens is 236 g/mol. The molecule has 0 aromatic heterocycles. The molecule has 0 fully saturated rings. The Morgan fingerprint density at radius 2 is 1.78 bits per heavy atom. The maximum Gasteiger partial charge on any atom is 0.327 e. The number of rotatable bonds is 7. The Hall–Kier alpha value is -1.14. The lowest BCUT2D eigenvalue weighted by molar-refractivity contribution is -0.141. The number of carboxylic acid groups (broad SMARTS) is 1. The Kier molecular flexibility index (Phi) is 6.86.